The number of primary amides is 2. The van der Waals surface area contributed by atoms with Crippen molar-refractivity contribution in [2.75, 3.05) is 6.54 Å². The predicted molar refractivity (Wildman–Crippen MR) is 133 cm³/mol. The molecule has 0 spiro atoms. The second-order valence-corrected chi connectivity index (χ2v) is 9.14. The van der Waals surface area contributed by atoms with Gasteiger partial charge < -0.3 is 42.9 Å². The van der Waals surface area contributed by atoms with Crippen molar-refractivity contribution >= 4 is 35.5 Å². The molecule has 4 unspecified atom stereocenters. The van der Waals surface area contributed by atoms with Crippen molar-refractivity contribution in [3.8, 4) is 5.75 Å². The van der Waals surface area contributed by atoms with Crippen LogP contribution in [0.5, 0.6) is 5.75 Å². The molecule has 0 radical (unpaired) electrons. The minimum absolute atomic E-state index is 0.0107. The van der Waals surface area contributed by atoms with Gasteiger partial charge in [0.1, 0.15) is 23.9 Å². The average molecular weight is 535 g/mol. The van der Waals surface area contributed by atoms with E-state index in [2.05, 4.69) is 10.6 Å². The lowest BCUT2D eigenvalue weighted by molar-refractivity contribution is -0.145. The number of aromatic hydroxyl groups is 1. The Morgan fingerprint density at radius 2 is 1.55 bits per heavy atom. The number of phenols is 1. The fourth-order valence-corrected chi connectivity index (χ4v) is 4.09. The van der Waals surface area contributed by atoms with E-state index in [1.807, 2.05) is 0 Å². The summed E-state index contributed by atoms with van der Waals surface area (Å²) in [6.45, 7) is 0.170. The molecule has 14 heteroatoms. The third-order valence-electron chi connectivity index (χ3n) is 6.16. The number of carboxylic acids is 1. The molecule has 1 aromatic rings. The smallest absolute Gasteiger partial charge is 0.326 e. The highest BCUT2D eigenvalue weighted by Crippen LogP contribution is 2.20. The lowest BCUT2D eigenvalue weighted by Gasteiger charge is -2.30. The minimum Gasteiger partial charge on any atom is -0.508 e. The molecule has 2 rings (SSSR count). The molecule has 0 aromatic heterocycles. The first-order valence-corrected chi connectivity index (χ1v) is 12.1. The van der Waals surface area contributed by atoms with Crippen LogP contribution in [0.3, 0.4) is 0 Å². The van der Waals surface area contributed by atoms with Gasteiger partial charge in [-0.2, -0.15) is 0 Å². The zero-order valence-corrected chi connectivity index (χ0v) is 20.8. The van der Waals surface area contributed by atoms with Crippen molar-refractivity contribution < 1.29 is 39.0 Å². The molecule has 0 bridgehead atoms. The Balaban J connectivity index is 2.12. The molecule has 14 nitrogen and oxygen atoms in total. The van der Waals surface area contributed by atoms with Gasteiger partial charge in [0, 0.05) is 25.8 Å². The van der Waals surface area contributed by atoms with Gasteiger partial charge in [0.05, 0.1) is 6.04 Å². The second kappa shape index (κ2) is 13.9. The second-order valence-electron chi connectivity index (χ2n) is 9.14. The Kier molecular flexibility index (Phi) is 11.0. The van der Waals surface area contributed by atoms with Gasteiger partial charge in [-0.05, 0) is 43.4 Å². The van der Waals surface area contributed by atoms with Gasteiger partial charge >= 0.3 is 5.97 Å². The number of hydrogen-bond acceptors (Lipinski definition) is 8. The number of benzene rings is 1. The Bertz CT molecular complexity index is 1050. The fraction of sp³-hybridized carbons (Fsp3) is 0.500. The number of hydrogen-bond donors (Lipinski definition) is 7. The SMILES string of the molecule is NC(=O)CCC(N)C(=O)NC(CCC(N)=O)C(=O)N1CCCC1C(=O)NC(Cc1ccc(O)cc1)C(=O)O. The third-order valence-corrected chi connectivity index (χ3v) is 6.16. The van der Waals surface area contributed by atoms with E-state index in [1.165, 1.54) is 29.2 Å². The van der Waals surface area contributed by atoms with Crippen LogP contribution in [0.2, 0.25) is 0 Å². The maximum atomic E-state index is 13.4. The van der Waals surface area contributed by atoms with E-state index < -0.39 is 59.7 Å². The average Bonchev–Trinajstić information content (AvgIpc) is 3.35. The molecule has 4 atom stereocenters. The molecule has 1 aliphatic rings. The maximum absolute atomic E-state index is 13.4. The summed E-state index contributed by atoms with van der Waals surface area (Å²) in [6, 6.07) is 1.20. The Morgan fingerprint density at radius 1 is 0.947 bits per heavy atom. The topological polar surface area (TPSA) is 248 Å². The number of amides is 5. The van der Waals surface area contributed by atoms with Crippen molar-refractivity contribution in [2.24, 2.45) is 17.2 Å². The first kappa shape index (κ1) is 30.0. The molecule has 208 valence electrons. The monoisotopic (exact) mass is 534 g/mol. The van der Waals surface area contributed by atoms with Crippen molar-refractivity contribution in [1.29, 1.82) is 0 Å². The molecule has 1 aromatic carbocycles. The van der Waals surface area contributed by atoms with Crippen LogP contribution in [0.25, 0.3) is 0 Å². The number of carboxylic acid groups (broad SMARTS) is 1. The number of nitrogens with two attached hydrogens (primary N) is 3. The van der Waals surface area contributed by atoms with Gasteiger partial charge in [-0.25, -0.2) is 4.79 Å². The molecular weight excluding hydrogens is 500 g/mol. The summed E-state index contributed by atoms with van der Waals surface area (Å²) in [5.41, 5.74) is 16.6. The zero-order valence-electron chi connectivity index (χ0n) is 20.8. The Labute approximate surface area is 218 Å². The van der Waals surface area contributed by atoms with Gasteiger partial charge in [-0.15, -0.1) is 0 Å². The fourth-order valence-electron chi connectivity index (χ4n) is 4.09. The van der Waals surface area contributed by atoms with E-state index in [4.69, 9.17) is 17.2 Å². The first-order valence-electron chi connectivity index (χ1n) is 12.1. The molecule has 38 heavy (non-hydrogen) atoms. The van der Waals surface area contributed by atoms with Gasteiger partial charge in [0.15, 0.2) is 0 Å². The molecular formula is C24H34N6O8. The lowest BCUT2D eigenvalue weighted by Crippen LogP contribution is -2.57. The van der Waals surface area contributed by atoms with Gasteiger partial charge in [0.25, 0.3) is 0 Å². The number of carbonyl (C=O) groups is 6. The van der Waals surface area contributed by atoms with Gasteiger partial charge in [-0.3, -0.25) is 24.0 Å². The van der Waals surface area contributed by atoms with Crippen LogP contribution < -0.4 is 27.8 Å². The van der Waals surface area contributed by atoms with Crippen LogP contribution in [0, 0.1) is 0 Å². The Morgan fingerprint density at radius 3 is 2.13 bits per heavy atom. The van der Waals surface area contributed by atoms with Crippen LogP contribution in [-0.2, 0) is 35.2 Å². The number of phenolic OH excluding ortho intramolecular Hbond substituents is 1. The molecule has 1 saturated heterocycles. The van der Waals surface area contributed by atoms with E-state index in [0.717, 1.165) is 0 Å². The summed E-state index contributed by atoms with van der Waals surface area (Å²) in [7, 11) is 0. The molecule has 0 saturated carbocycles. The Hall–Kier alpha value is -4.20. The first-order chi connectivity index (χ1) is 17.9. The minimum atomic E-state index is -1.29. The molecule has 1 fully saturated rings. The van der Waals surface area contributed by atoms with Crippen molar-refractivity contribution in [2.45, 2.75) is 69.1 Å². The van der Waals surface area contributed by atoms with Crippen molar-refractivity contribution in [1.82, 2.24) is 15.5 Å². The van der Waals surface area contributed by atoms with Crippen LogP contribution in [0.15, 0.2) is 24.3 Å². The zero-order chi connectivity index (χ0) is 28.4. The molecule has 5 amide bonds. The number of nitrogens with zero attached hydrogens (tertiary/aromatic N) is 1. The summed E-state index contributed by atoms with van der Waals surface area (Å²) in [5, 5.41) is 24.0. The van der Waals surface area contributed by atoms with E-state index >= 15 is 0 Å². The van der Waals surface area contributed by atoms with E-state index in [-0.39, 0.29) is 50.8 Å². The van der Waals surface area contributed by atoms with Crippen molar-refractivity contribution in [3.63, 3.8) is 0 Å². The van der Waals surface area contributed by atoms with E-state index in [9.17, 15) is 39.0 Å². The largest absolute Gasteiger partial charge is 0.508 e. The summed E-state index contributed by atoms with van der Waals surface area (Å²) < 4.78 is 0. The molecule has 1 heterocycles. The molecule has 10 N–H and O–H groups in total. The predicted octanol–water partition coefficient (Wildman–Crippen LogP) is -2.16. The third kappa shape index (κ3) is 9.03. The highest BCUT2D eigenvalue weighted by Gasteiger charge is 2.39. The summed E-state index contributed by atoms with van der Waals surface area (Å²) in [4.78, 5) is 74.3. The number of carbonyl (C=O) groups excluding carboxylic acids is 5. The molecule has 1 aliphatic heterocycles. The summed E-state index contributed by atoms with van der Waals surface area (Å²) >= 11 is 0. The number of nitrogens with one attached hydrogen (secondary N) is 2. The van der Waals surface area contributed by atoms with E-state index in [0.29, 0.717) is 12.0 Å². The summed E-state index contributed by atoms with van der Waals surface area (Å²) in [5.74, 6) is -4.69. The molecule has 0 aliphatic carbocycles. The van der Waals surface area contributed by atoms with Crippen LogP contribution >= 0.6 is 0 Å². The number of rotatable bonds is 14. The van der Waals surface area contributed by atoms with E-state index in [1.54, 1.807) is 0 Å². The van der Waals surface area contributed by atoms with Crippen LogP contribution in [0.1, 0.15) is 44.1 Å². The number of aliphatic carboxylic acids is 1. The number of likely N-dealkylation sites (tertiary alicyclic amines) is 1. The lowest BCUT2D eigenvalue weighted by atomic mass is 10.0. The highest BCUT2D eigenvalue weighted by molar-refractivity contribution is 5.95. The summed E-state index contributed by atoms with van der Waals surface area (Å²) in [6.07, 6.45) is 0.0912. The van der Waals surface area contributed by atoms with Crippen LogP contribution in [0.4, 0.5) is 0 Å². The van der Waals surface area contributed by atoms with Gasteiger partial charge in [-0.1, -0.05) is 12.1 Å². The maximum Gasteiger partial charge on any atom is 0.326 e. The van der Waals surface area contributed by atoms with Gasteiger partial charge in [0.2, 0.25) is 29.5 Å². The van der Waals surface area contributed by atoms with Crippen LogP contribution in [-0.4, -0.2) is 81.3 Å². The quantitative estimate of drug-likeness (QED) is 0.137. The standard InChI is InChI=1S/C24H34N6O8/c25-15(7-9-19(26)32)21(34)28-16(8-10-20(27)33)23(36)30-11-1-2-18(30)22(35)29-17(24(37)38)12-13-3-5-14(31)6-4-13/h3-6,15-18,31H,1-2,7-12,25H2,(H2,26,32)(H2,27,33)(H,28,34)(H,29,35)(H,37,38). The normalized spacial score (nSPS) is 17.2. The van der Waals surface area contributed by atoms with Crippen molar-refractivity contribution in [3.05, 3.63) is 29.8 Å². The highest BCUT2D eigenvalue weighted by atomic mass is 16.4.